The van der Waals surface area contributed by atoms with Gasteiger partial charge in [0, 0.05) is 14.1 Å². The molecule has 1 aromatic carbocycles. The first-order valence-corrected chi connectivity index (χ1v) is 4.44. The highest BCUT2D eigenvalue weighted by molar-refractivity contribution is 5.20. The summed E-state index contributed by atoms with van der Waals surface area (Å²) in [6.45, 7) is 4.12. The predicted molar refractivity (Wildman–Crippen MR) is 54.2 cm³/mol. The van der Waals surface area contributed by atoms with Gasteiger partial charge in [-0.2, -0.15) is 5.06 Å². The summed E-state index contributed by atoms with van der Waals surface area (Å²) in [7, 11) is 3.79. The Morgan fingerprint density at radius 3 is 2.08 bits per heavy atom. The topological polar surface area (TPSA) is 12.5 Å². The lowest BCUT2D eigenvalue weighted by Gasteiger charge is -2.28. The van der Waals surface area contributed by atoms with Gasteiger partial charge in [-0.05, 0) is 19.4 Å². The SMILES string of the molecule is CN(C)OC(C)(C)c1ccccc1. The van der Waals surface area contributed by atoms with Crippen LogP contribution < -0.4 is 0 Å². The number of hydrogen-bond acceptors (Lipinski definition) is 2. The first kappa shape index (κ1) is 10.2. The van der Waals surface area contributed by atoms with Gasteiger partial charge >= 0.3 is 0 Å². The third kappa shape index (κ3) is 2.83. The molecule has 0 aliphatic carbocycles. The Labute approximate surface area is 80.1 Å². The summed E-state index contributed by atoms with van der Waals surface area (Å²) in [5.41, 5.74) is 0.925. The molecule has 0 aromatic heterocycles. The largest absolute Gasteiger partial charge is 0.289 e. The summed E-state index contributed by atoms with van der Waals surface area (Å²) in [6.07, 6.45) is 0. The molecule has 0 N–H and O–H groups in total. The predicted octanol–water partition coefficient (Wildman–Crippen LogP) is 2.41. The van der Waals surface area contributed by atoms with Crippen molar-refractivity contribution >= 4 is 0 Å². The van der Waals surface area contributed by atoms with Crippen molar-refractivity contribution in [2.45, 2.75) is 19.4 Å². The van der Waals surface area contributed by atoms with Crippen molar-refractivity contribution < 1.29 is 4.84 Å². The second-order valence-electron chi connectivity index (χ2n) is 3.78. The summed E-state index contributed by atoms with van der Waals surface area (Å²) in [4.78, 5) is 5.66. The minimum atomic E-state index is -0.259. The zero-order valence-electron chi connectivity index (χ0n) is 8.74. The fraction of sp³-hybridized carbons (Fsp3) is 0.455. The van der Waals surface area contributed by atoms with Crippen LogP contribution in [-0.4, -0.2) is 19.2 Å². The fourth-order valence-electron chi connectivity index (χ4n) is 1.35. The zero-order chi connectivity index (χ0) is 9.90. The molecule has 0 saturated heterocycles. The lowest BCUT2D eigenvalue weighted by atomic mass is 9.99. The van der Waals surface area contributed by atoms with Crippen molar-refractivity contribution in [2.24, 2.45) is 0 Å². The molecule has 0 unspecified atom stereocenters. The van der Waals surface area contributed by atoms with Gasteiger partial charge < -0.3 is 0 Å². The maximum Gasteiger partial charge on any atom is 0.109 e. The highest BCUT2D eigenvalue weighted by atomic mass is 16.7. The molecule has 1 aromatic rings. The molecule has 0 fully saturated rings. The van der Waals surface area contributed by atoms with Crippen LogP contribution in [0.1, 0.15) is 19.4 Å². The Morgan fingerprint density at radius 1 is 1.08 bits per heavy atom. The molecule has 0 atom stereocenters. The number of rotatable bonds is 3. The van der Waals surface area contributed by atoms with Crippen LogP contribution in [-0.2, 0) is 10.4 Å². The van der Waals surface area contributed by atoms with E-state index in [2.05, 4.69) is 26.0 Å². The Kier molecular flexibility index (Phi) is 3.07. The van der Waals surface area contributed by atoms with Crippen LogP contribution in [0.2, 0.25) is 0 Å². The second-order valence-corrected chi connectivity index (χ2v) is 3.78. The van der Waals surface area contributed by atoms with E-state index in [1.165, 1.54) is 5.56 Å². The van der Waals surface area contributed by atoms with Crippen LogP contribution in [0, 0.1) is 0 Å². The number of hydrogen-bond donors (Lipinski definition) is 0. The van der Waals surface area contributed by atoms with Gasteiger partial charge in [0.25, 0.3) is 0 Å². The molecule has 0 bridgehead atoms. The quantitative estimate of drug-likeness (QED) is 0.661. The molecular weight excluding hydrogens is 162 g/mol. The minimum absolute atomic E-state index is 0.259. The zero-order valence-corrected chi connectivity index (χ0v) is 8.74. The molecule has 0 aliphatic heterocycles. The molecular formula is C11H17NO. The van der Waals surface area contributed by atoms with Crippen LogP contribution in [0.4, 0.5) is 0 Å². The summed E-state index contributed by atoms with van der Waals surface area (Å²) in [5.74, 6) is 0. The first-order chi connectivity index (χ1) is 6.02. The van der Waals surface area contributed by atoms with Crippen LogP contribution in [0.3, 0.4) is 0 Å². The van der Waals surface area contributed by atoms with Crippen molar-refractivity contribution in [1.82, 2.24) is 5.06 Å². The molecule has 72 valence electrons. The molecule has 0 aliphatic rings. The number of nitrogens with zero attached hydrogens (tertiary/aromatic N) is 1. The lowest BCUT2D eigenvalue weighted by molar-refractivity contribution is -0.211. The standard InChI is InChI=1S/C11H17NO/c1-11(2,13-12(3)4)10-8-6-5-7-9-10/h5-9H,1-4H3. The normalized spacial score (nSPS) is 12.1. The van der Waals surface area contributed by atoms with Gasteiger partial charge in [0.15, 0.2) is 0 Å². The van der Waals surface area contributed by atoms with E-state index in [4.69, 9.17) is 4.84 Å². The highest BCUT2D eigenvalue weighted by Crippen LogP contribution is 2.24. The van der Waals surface area contributed by atoms with E-state index in [-0.39, 0.29) is 5.60 Å². The van der Waals surface area contributed by atoms with Gasteiger partial charge in [0.1, 0.15) is 5.60 Å². The van der Waals surface area contributed by atoms with Gasteiger partial charge in [0.2, 0.25) is 0 Å². The average Bonchev–Trinajstić information content (AvgIpc) is 2.04. The van der Waals surface area contributed by atoms with E-state index in [9.17, 15) is 0 Å². The smallest absolute Gasteiger partial charge is 0.109 e. The van der Waals surface area contributed by atoms with E-state index in [0.717, 1.165) is 0 Å². The summed E-state index contributed by atoms with van der Waals surface area (Å²) in [6, 6.07) is 10.2. The maximum atomic E-state index is 5.66. The van der Waals surface area contributed by atoms with Crippen molar-refractivity contribution in [3.05, 3.63) is 35.9 Å². The molecule has 0 spiro atoms. The van der Waals surface area contributed by atoms with Crippen LogP contribution in [0.5, 0.6) is 0 Å². The second kappa shape index (κ2) is 3.90. The van der Waals surface area contributed by atoms with E-state index >= 15 is 0 Å². The van der Waals surface area contributed by atoms with Crippen LogP contribution >= 0.6 is 0 Å². The number of benzene rings is 1. The Bertz CT molecular complexity index is 254. The molecule has 0 radical (unpaired) electrons. The summed E-state index contributed by atoms with van der Waals surface area (Å²) >= 11 is 0. The molecule has 13 heavy (non-hydrogen) atoms. The molecule has 2 heteroatoms. The van der Waals surface area contributed by atoms with Gasteiger partial charge in [0.05, 0.1) is 0 Å². The summed E-state index contributed by atoms with van der Waals surface area (Å²) < 4.78 is 0. The Balaban J connectivity index is 2.81. The van der Waals surface area contributed by atoms with E-state index in [1.54, 1.807) is 5.06 Å². The van der Waals surface area contributed by atoms with Crippen molar-refractivity contribution in [1.29, 1.82) is 0 Å². The third-order valence-electron chi connectivity index (χ3n) is 1.88. The lowest BCUT2D eigenvalue weighted by Crippen LogP contribution is -2.29. The molecule has 1 rings (SSSR count). The molecule has 0 heterocycles. The van der Waals surface area contributed by atoms with Gasteiger partial charge in [-0.1, -0.05) is 30.3 Å². The van der Waals surface area contributed by atoms with Crippen molar-refractivity contribution in [2.75, 3.05) is 14.1 Å². The molecule has 2 nitrogen and oxygen atoms in total. The Morgan fingerprint density at radius 2 is 1.62 bits per heavy atom. The summed E-state index contributed by atoms with van der Waals surface area (Å²) in [5, 5.41) is 1.73. The van der Waals surface area contributed by atoms with Crippen LogP contribution in [0.25, 0.3) is 0 Å². The van der Waals surface area contributed by atoms with Crippen LogP contribution in [0.15, 0.2) is 30.3 Å². The first-order valence-electron chi connectivity index (χ1n) is 4.44. The van der Waals surface area contributed by atoms with E-state index in [0.29, 0.717) is 0 Å². The monoisotopic (exact) mass is 179 g/mol. The van der Waals surface area contributed by atoms with Crippen molar-refractivity contribution in [3.8, 4) is 0 Å². The van der Waals surface area contributed by atoms with E-state index < -0.39 is 0 Å². The van der Waals surface area contributed by atoms with Gasteiger partial charge in [-0.25, -0.2) is 0 Å². The van der Waals surface area contributed by atoms with Gasteiger partial charge in [-0.3, -0.25) is 4.84 Å². The van der Waals surface area contributed by atoms with Gasteiger partial charge in [-0.15, -0.1) is 0 Å². The number of hydroxylamine groups is 2. The highest BCUT2D eigenvalue weighted by Gasteiger charge is 2.22. The molecule has 0 amide bonds. The fourth-order valence-corrected chi connectivity index (χ4v) is 1.35. The maximum absolute atomic E-state index is 5.66. The average molecular weight is 179 g/mol. The van der Waals surface area contributed by atoms with Crippen molar-refractivity contribution in [3.63, 3.8) is 0 Å². The van der Waals surface area contributed by atoms with E-state index in [1.807, 2.05) is 32.3 Å². The minimum Gasteiger partial charge on any atom is -0.289 e. The Hall–Kier alpha value is -0.860. The molecule has 0 saturated carbocycles. The third-order valence-corrected chi connectivity index (χ3v) is 1.88.